The van der Waals surface area contributed by atoms with E-state index in [2.05, 4.69) is 20.0 Å². The average molecular weight is 410 g/mol. The van der Waals surface area contributed by atoms with E-state index < -0.39 is 6.61 Å². The highest BCUT2D eigenvalue weighted by Gasteiger charge is 2.12. The first-order chi connectivity index (χ1) is 13.6. The maximum atomic E-state index is 12.3. The van der Waals surface area contributed by atoms with Crippen LogP contribution in [0.15, 0.2) is 52.1 Å². The first-order valence-electron chi connectivity index (χ1n) is 7.92. The van der Waals surface area contributed by atoms with E-state index in [0.29, 0.717) is 16.1 Å². The second-order valence-corrected chi connectivity index (χ2v) is 5.70. The number of oxime groups is 1. The van der Waals surface area contributed by atoms with Gasteiger partial charge in [-0.2, -0.15) is 13.8 Å². The Balaban J connectivity index is 1.59. The predicted molar refractivity (Wildman–Crippen MR) is 96.8 cm³/mol. The molecule has 0 aliphatic heterocycles. The third-order valence-electron chi connectivity index (χ3n) is 3.45. The van der Waals surface area contributed by atoms with Crippen molar-refractivity contribution < 1.29 is 27.6 Å². The average Bonchev–Trinajstić information content (AvgIpc) is 3.15. The molecule has 28 heavy (non-hydrogen) atoms. The zero-order chi connectivity index (χ0) is 19.9. The van der Waals surface area contributed by atoms with Gasteiger partial charge in [0.15, 0.2) is 18.1 Å². The van der Waals surface area contributed by atoms with E-state index in [1.807, 2.05) is 0 Å². The summed E-state index contributed by atoms with van der Waals surface area (Å²) in [5.74, 6) is 0.624. The van der Waals surface area contributed by atoms with Gasteiger partial charge in [-0.05, 0) is 30.3 Å². The van der Waals surface area contributed by atoms with E-state index in [1.54, 1.807) is 24.3 Å². The van der Waals surface area contributed by atoms with Crippen molar-refractivity contribution in [1.82, 2.24) is 10.1 Å². The van der Waals surface area contributed by atoms with Crippen LogP contribution in [-0.2, 0) is 11.4 Å². The van der Waals surface area contributed by atoms with Crippen LogP contribution in [0.5, 0.6) is 11.5 Å². The molecule has 0 aliphatic rings. The number of hydrogen-bond donors (Lipinski definition) is 0. The maximum absolute atomic E-state index is 12.3. The predicted octanol–water partition coefficient (Wildman–Crippen LogP) is 4.55. The number of methoxy groups -OCH3 is 1. The monoisotopic (exact) mass is 409 g/mol. The van der Waals surface area contributed by atoms with Crippen molar-refractivity contribution in [2.24, 2.45) is 5.16 Å². The number of halogens is 3. The number of alkyl halides is 2. The largest absolute Gasteiger partial charge is 0.493 e. The number of ether oxygens (including phenoxy) is 2. The molecule has 0 saturated heterocycles. The molecule has 0 spiro atoms. The Morgan fingerprint density at radius 3 is 2.79 bits per heavy atom. The van der Waals surface area contributed by atoms with Gasteiger partial charge in [-0.25, -0.2) is 0 Å². The molecule has 0 fully saturated rings. The number of nitrogens with zero attached hydrogens (tertiary/aromatic N) is 3. The summed E-state index contributed by atoms with van der Waals surface area (Å²) in [6, 6.07) is 11.4. The molecule has 3 aromatic rings. The number of benzene rings is 2. The summed E-state index contributed by atoms with van der Waals surface area (Å²) in [7, 11) is 1.35. The Hall–Kier alpha value is -3.20. The van der Waals surface area contributed by atoms with Gasteiger partial charge in [0.1, 0.15) is 0 Å². The van der Waals surface area contributed by atoms with Crippen molar-refractivity contribution in [3.63, 3.8) is 0 Å². The Kier molecular flexibility index (Phi) is 6.38. The van der Waals surface area contributed by atoms with Gasteiger partial charge >= 0.3 is 6.61 Å². The van der Waals surface area contributed by atoms with Crippen LogP contribution in [-0.4, -0.2) is 30.1 Å². The lowest BCUT2D eigenvalue weighted by Gasteiger charge is -2.09. The fraction of sp³-hybridized carbons (Fsp3) is 0.167. The summed E-state index contributed by atoms with van der Waals surface area (Å²) in [5.41, 5.74) is 1.17. The van der Waals surface area contributed by atoms with Crippen LogP contribution in [0, 0.1) is 0 Å². The molecule has 0 aliphatic carbocycles. The third-order valence-corrected chi connectivity index (χ3v) is 3.78. The number of hydrogen-bond acceptors (Lipinski definition) is 7. The smallest absolute Gasteiger partial charge is 0.387 e. The molecule has 146 valence electrons. The van der Waals surface area contributed by atoms with E-state index in [-0.39, 0.29) is 29.8 Å². The van der Waals surface area contributed by atoms with E-state index in [0.717, 1.165) is 0 Å². The molecule has 3 rings (SSSR count). The van der Waals surface area contributed by atoms with Gasteiger partial charge in [0.05, 0.1) is 23.9 Å². The van der Waals surface area contributed by atoms with E-state index >= 15 is 0 Å². The molecule has 0 unspecified atom stereocenters. The standard InChI is InChI=1S/C18H14ClF2N3O4/c1-25-15-8-11(6-7-14(15)27-18(20)21)9-22-26-10-16-23-17(28-24-16)12-4-2-3-5-13(12)19/h2-9,18H,10H2,1H3. The molecule has 10 heteroatoms. The van der Waals surface area contributed by atoms with Gasteiger partial charge in [-0.1, -0.05) is 34.0 Å². The highest BCUT2D eigenvalue weighted by molar-refractivity contribution is 6.33. The molecular formula is C18H14ClF2N3O4. The zero-order valence-electron chi connectivity index (χ0n) is 14.5. The van der Waals surface area contributed by atoms with Crippen LogP contribution in [0.3, 0.4) is 0 Å². The quantitative estimate of drug-likeness (QED) is 0.401. The van der Waals surface area contributed by atoms with E-state index in [9.17, 15) is 8.78 Å². The third kappa shape index (κ3) is 4.95. The van der Waals surface area contributed by atoms with Crippen LogP contribution in [0.25, 0.3) is 11.5 Å². The second kappa shape index (κ2) is 9.14. The Morgan fingerprint density at radius 1 is 1.21 bits per heavy atom. The van der Waals surface area contributed by atoms with Gasteiger partial charge in [0.25, 0.3) is 5.89 Å². The van der Waals surface area contributed by atoms with Crippen LogP contribution in [0.4, 0.5) is 8.78 Å². The first-order valence-corrected chi connectivity index (χ1v) is 8.30. The lowest BCUT2D eigenvalue weighted by atomic mass is 10.2. The first kappa shape index (κ1) is 19.6. The molecular weight excluding hydrogens is 396 g/mol. The summed E-state index contributed by atoms with van der Waals surface area (Å²) in [6.07, 6.45) is 1.38. The van der Waals surface area contributed by atoms with Crippen molar-refractivity contribution in [1.29, 1.82) is 0 Å². The zero-order valence-corrected chi connectivity index (χ0v) is 15.3. The summed E-state index contributed by atoms with van der Waals surface area (Å²) >= 11 is 6.08. The summed E-state index contributed by atoms with van der Waals surface area (Å²) in [4.78, 5) is 9.31. The molecule has 0 saturated carbocycles. The highest BCUT2D eigenvalue weighted by Crippen LogP contribution is 2.29. The fourth-order valence-electron chi connectivity index (χ4n) is 2.21. The fourth-order valence-corrected chi connectivity index (χ4v) is 2.42. The van der Waals surface area contributed by atoms with Crippen molar-refractivity contribution >= 4 is 17.8 Å². The normalized spacial score (nSPS) is 11.2. The minimum Gasteiger partial charge on any atom is -0.493 e. The van der Waals surface area contributed by atoms with Crippen LogP contribution >= 0.6 is 11.6 Å². The molecule has 0 N–H and O–H groups in total. The molecule has 2 aromatic carbocycles. The molecule has 1 aromatic heterocycles. The lowest BCUT2D eigenvalue weighted by molar-refractivity contribution is -0.0512. The summed E-state index contributed by atoms with van der Waals surface area (Å²) in [5, 5.41) is 8.07. The number of aromatic nitrogens is 2. The van der Waals surface area contributed by atoms with Crippen molar-refractivity contribution in [2.75, 3.05) is 7.11 Å². The summed E-state index contributed by atoms with van der Waals surface area (Å²) in [6.45, 7) is -2.98. The van der Waals surface area contributed by atoms with E-state index in [4.69, 9.17) is 25.7 Å². The second-order valence-electron chi connectivity index (χ2n) is 5.29. The van der Waals surface area contributed by atoms with E-state index in [1.165, 1.54) is 31.5 Å². The molecule has 0 atom stereocenters. The molecule has 0 amide bonds. The van der Waals surface area contributed by atoms with Crippen LogP contribution < -0.4 is 9.47 Å². The van der Waals surface area contributed by atoms with Gasteiger partial charge in [0, 0.05) is 5.56 Å². The topological polar surface area (TPSA) is 79.0 Å². The van der Waals surface area contributed by atoms with Crippen LogP contribution in [0.2, 0.25) is 5.02 Å². The maximum Gasteiger partial charge on any atom is 0.387 e. The van der Waals surface area contributed by atoms with Gasteiger partial charge in [-0.3, -0.25) is 0 Å². The lowest BCUT2D eigenvalue weighted by Crippen LogP contribution is -2.03. The number of rotatable bonds is 8. The molecule has 0 bridgehead atoms. The summed E-state index contributed by atoms with van der Waals surface area (Å²) < 4.78 is 39.2. The minimum absolute atomic E-state index is 0.0336. The Labute approximate surface area is 163 Å². The van der Waals surface area contributed by atoms with Gasteiger partial charge in [0.2, 0.25) is 5.82 Å². The van der Waals surface area contributed by atoms with Crippen molar-refractivity contribution in [3.8, 4) is 23.0 Å². The van der Waals surface area contributed by atoms with Gasteiger partial charge in [-0.15, -0.1) is 0 Å². The van der Waals surface area contributed by atoms with Crippen molar-refractivity contribution in [2.45, 2.75) is 13.2 Å². The van der Waals surface area contributed by atoms with Crippen LogP contribution in [0.1, 0.15) is 11.4 Å². The minimum atomic E-state index is -2.94. The Morgan fingerprint density at radius 2 is 2.04 bits per heavy atom. The van der Waals surface area contributed by atoms with Crippen molar-refractivity contribution in [3.05, 3.63) is 58.9 Å². The molecule has 1 heterocycles. The molecule has 0 radical (unpaired) electrons. The SMILES string of the molecule is COc1cc(C=NOCc2noc(-c3ccccc3Cl)n2)ccc1OC(F)F. The van der Waals surface area contributed by atoms with Gasteiger partial charge < -0.3 is 18.8 Å². The molecule has 7 nitrogen and oxygen atoms in total. The Bertz CT molecular complexity index is 966. The highest BCUT2D eigenvalue weighted by atomic mass is 35.5.